The number of carbonyl (C=O) groups is 4. The van der Waals surface area contributed by atoms with Crippen LogP contribution in [0.25, 0.3) is 0 Å². The highest BCUT2D eigenvalue weighted by Crippen LogP contribution is 2.09. The molecule has 0 saturated heterocycles. The molecule has 1 rings (SSSR count). The van der Waals surface area contributed by atoms with Gasteiger partial charge in [-0.1, -0.05) is 0 Å². The Morgan fingerprint density at radius 3 is 2.33 bits per heavy atom. The Hall–Kier alpha value is -3.17. The third kappa shape index (κ3) is 8.46. The van der Waals surface area contributed by atoms with Gasteiger partial charge in [-0.3, -0.25) is 0 Å². The van der Waals surface area contributed by atoms with Crippen molar-refractivity contribution in [2.24, 2.45) is 0 Å². The lowest BCUT2D eigenvalue weighted by atomic mass is 10.2. The van der Waals surface area contributed by atoms with E-state index in [1.165, 1.54) is 15.3 Å². The largest absolute Gasteiger partial charge is 0.873 e. The molecule has 0 aliphatic carbocycles. The molecule has 0 spiro atoms. The van der Waals surface area contributed by atoms with E-state index in [9.17, 15) is 24.3 Å². The first-order valence-electron chi connectivity index (χ1n) is 8.55. The summed E-state index contributed by atoms with van der Waals surface area (Å²) in [6.45, 7) is 3.34. The molecule has 0 radical (unpaired) electrons. The number of aliphatic carboxylic acids is 2. The average molecular weight is 432 g/mol. The van der Waals surface area contributed by atoms with E-state index in [-0.39, 0.29) is 26.0 Å². The molecule has 0 atom stereocenters. The Morgan fingerprint density at radius 2 is 1.73 bits per heavy atom. The predicted molar refractivity (Wildman–Crippen MR) is 90.2 cm³/mol. The van der Waals surface area contributed by atoms with Crippen molar-refractivity contribution in [3.63, 3.8) is 0 Å². The molecular weight excluding hydrogens is 411 g/mol. The van der Waals surface area contributed by atoms with Crippen LogP contribution in [0.2, 0.25) is 0 Å². The topological polar surface area (TPSA) is 176 Å². The van der Waals surface area contributed by atoms with Crippen molar-refractivity contribution in [1.29, 1.82) is 0 Å². The lowest BCUT2D eigenvalue weighted by Crippen LogP contribution is -2.46. The summed E-state index contributed by atoms with van der Waals surface area (Å²) < 4.78 is 32.2. The Morgan fingerprint density at radius 1 is 1.10 bits per heavy atom. The maximum atomic E-state index is 11.3. The molecule has 0 aromatic carbocycles. The van der Waals surface area contributed by atoms with Crippen LogP contribution in [0.3, 0.4) is 0 Å². The smallest absolute Gasteiger partial charge is 0.539 e. The van der Waals surface area contributed by atoms with Crippen molar-refractivity contribution >= 4 is 31.2 Å². The zero-order chi connectivity index (χ0) is 22.5. The first kappa shape index (κ1) is 24.9. The van der Waals surface area contributed by atoms with Gasteiger partial charge in [-0.05, 0) is 6.92 Å². The van der Waals surface area contributed by atoms with Crippen LogP contribution in [-0.4, -0.2) is 74.4 Å². The summed E-state index contributed by atoms with van der Waals surface area (Å²) in [5.74, 6) is -8.02. The Kier molecular flexibility index (Phi) is 10.9. The van der Waals surface area contributed by atoms with Crippen molar-refractivity contribution in [2.75, 3.05) is 33.5 Å². The number of ether oxygens (including phenoxy) is 3. The van der Waals surface area contributed by atoms with Crippen molar-refractivity contribution in [3.8, 4) is 6.01 Å². The lowest BCUT2D eigenvalue weighted by Gasteiger charge is -2.13. The molecule has 0 saturated carbocycles. The van der Waals surface area contributed by atoms with E-state index >= 15 is 0 Å². The van der Waals surface area contributed by atoms with Gasteiger partial charge in [0, 0.05) is 7.11 Å². The fourth-order valence-corrected chi connectivity index (χ4v) is 1.88. The van der Waals surface area contributed by atoms with Gasteiger partial charge in [0.1, 0.15) is 12.4 Å². The minimum Gasteiger partial charge on any atom is -0.539 e. The van der Waals surface area contributed by atoms with E-state index in [2.05, 4.69) is 9.31 Å². The Labute approximate surface area is 171 Å². The zero-order valence-electron chi connectivity index (χ0n) is 16.3. The summed E-state index contributed by atoms with van der Waals surface area (Å²) in [6.07, 6.45) is 3.06. The van der Waals surface area contributed by atoms with Gasteiger partial charge in [0.05, 0.1) is 33.0 Å². The first-order chi connectivity index (χ1) is 14.3. The molecule has 0 fully saturated rings. The number of carbonyl (C=O) groups excluding carboxylic acids is 3. The number of methoxy groups -OCH3 is 1. The average Bonchev–Trinajstić information content (AvgIpc) is 3.08. The minimum absolute atomic E-state index is 0.0655. The molecule has 1 N–H and O–H groups in total. The van der Waals surface area contributed by atoms with Crippen molar-refractivity contribution in [3.05, 3.63) is 12.4 Å². The number of carboxylic acid groups (broad SMARTS) is 2. The van der Waals surface area contributed by atoms with Crippen LogP contribution in [0, 0.1) is 0 Å². The first-order valence-corrected chi connectivity index (χ1v) is 8.55. The van der Waals surface area contributed by atoms with Gasteiger partial charge in [-0.15, -0.1) is 0 Å². The normalized spacial score (nSPS) is 10.3. The highest BCUT2D eigenvalue weighted by atomic mass is 16.8. The van der Waals surface area contributed by atoms with Gasteiger partial charge in [0.15, 0.2) is 12.7 Å². The van der Waals surface area contributed by atoms with Crippen LogP contribution in [0.1, 0.15) is 6.92 Å². The number of nitrogens with zero attached hydrogens (tertiary/aromatic N) is 2. The molecular formula is C15H21BN2O12. The molecule has 166 valence electrons. The number of aryl methyl sites for hydroxylation is 1. The molecule has 0 unspecified atom stereocenters. The van der Waals surface area contributed by atoms with E-state index in [0.29, 0.717) is 19.8 Å². The van der Waals surface area contributed by atoms with Crippen molar-refractivity contribution in [1.82, 2.24) is 4.57 Å². The fourth-order valence-electron chi connectivity index (χ4n) is 1.88. The molecule has 0 amide bonds. The van der Waals surface area contributed by atoms with Gasteiger partial charge >= 0.3 is 31.2 Å². The van der Waals surface area contributed by atoms with Crippen LogP contribution in [0.15, 0.2) is 12.4 Å². The lowest BCUT2D eigenvalue weighted by molar-refractivity contribution is -0.734. The molecule has 0 aliphatic heterocycles. The van der Waals surface area contributed by atoms with Gasteiger partial charge in [0.25, 0.3) is 0 Å². The number of aromatic nitrogens is 2. The minimum atomic E-state index is -2.30. The molecule has 30 heavy (non-hydrogen) atoms. The molecule has 0 bridgehead atoms. The third-order valence-electron chi connectivity index (χ3n) is 3.24. The summed E-state index contributed by atoms with van der Waals surface area (Å²) in [5, 5.41) is 19.2. The monoisotopic (exact) mass is 432 g/mol. The van der Waals surface area contributed by atoms with E-state index in [4.69, 9.17) is 24.0 Å². The van der Waals surface area contributed by atoms with E-state index < -0.39 is 31.2 Å². The quantitative estimate of drug-likeness (QED) is 0.143. The second-order valence-electron chi connectivity index (χ2n) is 5.29. The highest BCUT2D eigenvalue weighted by molar-refractivity contribution is 6.50. The number of rotatable bonds is 13. The van der Waals surface area contributed by atoms with E-state index in [1.54, 1.807) is 20.2 Å². The van der Waals surface area contributed by atoms with Crippen LogP contribution < -0.4 is 14.3 Å². The van der Waals surface area contributed by atoms with Crippen LogP contribution in [0.5, 0.6) is 6.01 Å². The van der Waals surface area contributed by atoms with Crippen LogP contribution in [-0.2, 0) is 56.0 Å². The third-order valence-corrected chi connectivity index (χ3v) is 3.24. The Bertz CT molecular complexity index is 709. The van der Waals surface area contributed by atoms with Crippen LogP contribution in [0.4, 0.5) is 0 Å². The number of imidazole rings is 1. The van der Waals surface area contributed by atoms with Crippen molar-refractivity contribution in [2.45, 2.75) is 20.2 Å². The van der Waals surface area contributed by atoms with Crippen molar-refractivity contribution < 1.29 is 62.1 Å². The second-order valence-corrected chi connectivity index (χ2v) is 5.29. The number of carboxylic acids is 2. The summed E-state index contributed by atoms with van der Waals surface area (Å²) in [5.41, 5.74) is 0. The second kappa shape index (κ2) is 13.1. The van der Waals surface area contributed by atoms with Gasteiger partial charge in [0.2, 0.25) is 0 Å². The summed E-state index contributed by atoms with van der Waals surface area (Å²) in [6, 6.07) is -0.0767. The molecule has 1 aromatic rings. The van der Waals surface area contributed by atoms with Gasteiger partial charge in [-0.25, -0.2) is 14.4 Å². The summed E-state index contributed by atoms with van der Waals surface area (Å²) in [7, 11) is -0.760. The zero-order valence-corrected chi connectivity index (χ0v) is 16.3. The molecule has 1 heterocycles. The summed E-state index contributed by atoms with van der Waals surface area (Å²) >= 11 is 0. The Balaban J connectivity index is 2.82. The standard InChI is InChI=1S/C15H21BN2O12/c1-3-17-4-5-18(10-27-9-8-26-7-6-25-2)15(17)30-16(28-13(23)11(19)20)29-14(24)12(21)22/h4-5H,3,6-10H2,1-2H3,(H-,19,20,21,22). The molecule has 14 nitrogen and oxygen atoms in total. The summed E-state index contributed by atoms with van der Waals surface area (Å²) in [4.78, 5) is 43.7. The van der Waals surface area contributed by atoms with Gasteiger partial charge < -0.3 is 43.2 Å². The van der Waals surface area contributed by atoms with Gasteiger partial charge in [-0.2, -0.15) is 9.13 Å². The molecule has 0 aliphatic rings. The number of hydrogen-bond acceptors (Lipinski definition) is 11. The molecule has 15 heteroatoms. The molecule has 1 aromatic heterocycles. The maximum absolute atomic E-state index is 11.3. The number of hydrogen-bond donors (Lipinski definition) is 1. The van der Waals surface area contributed by atoms with E-state index in [0.717, 1.165) is 0 Å². The van der Waals surface area contributed by atoms with Crippen LogP contribution >= 0.6 is 0 Å². The maximum Gasteiger partial charge on any atom is 0.873 e. The predicted octanol–water partition coefficient (Wildman–Crippen LogP) is -3.28. The highest BCUT2D eigenvalue weighted by Gasteiger charge is 2.40. The fraction of sp³-hybridized carbons (Fsp3) is 0.533. The van der Waals surface area contributed by atoms with E-state index in [1.807, 2.05) is 0 Å². The SMILES string of the molecule is CCn1cc[n+](COCCOCCOC)c1OB(OC(=O)C(=O)[O-])OC(=O)C(=O)O.